The van der Waals surface area contributed by atoms with Gasteiger partial charge in [-0.15, -0.1) is 0 Å². The molecule has 0 aromatic heterocycles. The third-order valence-corrected chi connectivity index (χ3v) is 1.14. The average molecular weight is 148 g/mol. The summed E-state index contributed by atoms with van der Waals surface area (Å²) in [5.74, 6) is 2.75. The number of rotatable bonds is 5. The normalized spacial score (nSPS) is 9.40. The second kappa shape index (κ2) is 6.51. The summed E-state index contributed by atoms with van der Waals surface area (Å²) < 4.78 is 4.79. The maximum absolute atomic E-state index is 10.4. The van der Waals surface area contributed by atoms with Crippen LogP contribution in [-0.2, 0) is 14.4 Å². The molecule has 0 unspecified atom stereocenters. The monoisotopic (exact) mass is 148 g/mol. The molecule has 0 aliphatic carbocycles. The smallest absolute Gasteiger partial charge is 0.366 e. The van der Waals surface area contributed by atoms with Crippen molar-refractivity contribution in [3.05, 3.63) is 0 Å². The lowest BCUT2D eigenvalue weighted by atomic mass is 10.2. The SMILES string of the molecule is COCCCCC(=O)O[NH3+]. The van der Waals surface area contributed by atoms with E-state index in [9.17, 15) is 4.79 Å². The molecule has 0 aromatic carbocycles. The van der Waals surface area contributed by atoms with Crippen LogP contribution in [0.25, 0.3) is 0 Å². The minimum absolute atomic E-state index is 0.254. The summed E-state index contributed by atoms with van der Waals surface area (Å²) in [7, 11) is 1.64. The molecule has 0 saturated heterocycles. The number of hydrogen-bond donors (Lipinski definition) is 1. The van der Waals surface area contributed by atoms with E-state index in [1.807, 2.05) is 0 Å². The Morgan fingerprint density at radius 1 is 1.50 bits per heavy atom. The zero-order valence-corrected chi connectivity index (χ0v) is 6.26. The highest BCUT2D eigenvalue weighted by molar-refractivity contribution is 5.68. The second-order valence-corrected chi connectivity index (χ2v) is 1.97. The van der Waals surface area contributed by atoms with Gasteiger partial charge in [0.2, 0.25) is 0 Å². The van der Waals surface area contributed by atoms with Crippen LogP contribution in [0.5, 0.6) is 0 Å². The van der Waals surface area contributed by atoms with Gasteiger partial charge in [0.05, 0.1) is 6.42 Å². The van der Waals surface area contributed by atoms with Crippen LogP contribution in [-0.4, -0.2) is 19.7 Å². The number of quaternary nitrogens is 1. The van der Waals surface area contributed by atoms with Crippen LogP contribution in [0.3, 0.4) is 0 Å². The fourth-order valence-electron chi connectivity index (χ4n) is 0.588. The Kier molecular flexibility index (Phi) is 6.11. The van der Waals surface area contributed by atoms with Crippen molar-refractivity contribution in [2.45, 2.75) is 19.3 Å². The zero-order valence-electron chi connectivity index (χ0n) is 6.26. The van der Waals surface area contributed by atoms with Crippen molar-refractivity contribution in [3.63, 3.8) is 0 Å². The van der Waals surface area contributed by atoms with Gasteiger partial charge in [0.1, 0.15) is 0 Å². The van der Waals surface area contributed by atoms with Crippen molar-refractivity contribution >= 4 is 5.97 Å². The lowest BCUT2D eigenvalue weighted by molar-refractivity contribution is -0.657. The summed E-state index contributed by atoms with van der Waals surface area (Å²) in [6.45, 7) is 0.699. The lowest BCUT2D eigenvalue weighted by Crippen LogP contribution is -2.51. The van der Waals surface area contributed by atoms with Crippen LogP contribution in [0.4, 0.5) is 0 Å². The number of methoxy groups -OCH3 is 1. The lowest BCUT2D eigenvalue weighted by Gasteiger charge is -1.95. The molecule has 0 heterocycles. The predicted octanol–water partition coefficient (Wildman–Crippen LogP) is -0.497. The van der Waals surface area contributed by atoms with Gasteiger partial charge in [-0.2, -0.15) is 5.90 Å². The van der Waals surface area contributed by atoms with E-state index >= 15 is 0 Å². The van der Waals surface area contributed by atoms with Crippen molar-refractivity contribution < 1.29 is 20.3 Å². The summed E-state index contributed by atoms with van der Waals surface area (Å²) in [5, 5.41) is 0. The van der Waals surface area contributed by atoms with Gasteiger partial charge in [-0.25, -0.2) is 4.79 Å². The summed E-state index contributed by atoms with van der Waals surface area (Å²) in [6, 6.07) is 0. The zero-order chi connectivity index (χ0) is 7.82. The first-order valence-corrected chi connectivity index (χ1v) is 3.25. The molecule has 0 aliphatic heterocycles. The highest BCUT2D eigenvalue weighted by Gasteiger charge is 2.00. The Labute approximate surface area is 60.2 Å². The summed E-state index contributed by atoms with van der Waals surface area (Å²) in [4.78, 5) is 14.7. The van der Waals surface area contributed by atoms with Gasteiger partial charge in [0, 0.05) is 13.7 Å². The van der Waals surface area contributed by atoms with Gasteiger partial charge >= 0.3 is 5.97 Å². The van der Waals surface area contributed by atoms with Crippen molar-refractivity contribution in [1.29, 1.82) is 0 Å². The molecule has 0 aromatic rings. The Balaban J connectivity index is 2.96. The van der Waals surface area contributed by atoms with E-state index < -0.39 is 0 Å². The topological polar surface area (TPSA) is 63.2 Å². The summed E-state index contributed by atoms with van der Waals surface area (Å²) in [5.41, 5.74) is 0. The first kappa shape index (κ1) is 9.39. The highest BCUT2D eigenvalue weighted by Crippen LogP contribution is 1.95. The van der Waals surface area contributed by atoms with E-state index in [0.717, 1.165) is 12.8 Å². The van der Waals surface area contributed by atoms with E-state index in [1.54, 1.807) is 7.11 Å². The Hall–Kier alpha value is -0.610. The Morgan fingerprint density at radius 2 is 2.20 bits per heavy atom. The molecule has 0 fully saturated rings. The fourth-order valence-corrected chi connectivity index (χ4v) is 0.588. The molecule has 0 radical (unpaired) electrons. The van der Waals surface area contributed by atoms with Crippen molar-refractivity contribution in [3.8, 4) is 0 Å². The Bertz CT molecular complexity index is 95.0. The van der Waals surface area contributed by atoms with Gasteiger partial charge in [-0.05, 0) is 12.8 Å². The maximum atomic E-state index is 10.4. The molecule has 0 bridgehead atoms. The third-order valence-electron chi connectivity index (χ3n) is 1.14. The van der Waals surface area contributed by atoms with Crippen molar-refractivity contribution in [1.82, 2.24) is 0 Å². The van der Waals surface area contributed by atoms with E-state index in [0.29, 0.717) is 13.0 Å². The summed E-state index contributed by atoms with van der Waals surface area (Å²) in [6.07, 6.45) is 2.14. The molecule has 0 rings (SSSR count). The Morgan fingerprint density at radius 3 is 2.70 bits per heavy atom. The molecule has 60 valence electrons. The van der Waals surface area contributed by atoms with Crippen molar-refractivity contribution in [2.75, 3.05) is 13.7 Å². The van der Waals surface area contributed by atoms with E-state index in [2.05, 4.69) is 10.7 Å². The molecule has 10 heavy (non-hydrogen) atoms. The van der Waals surface area contributed by atoms with Crippen LogP contribution in [0.2, 0.25) is 0 Å². The van der Waals surface area contributed by atoms with E-state index in [4.69, 9.17) is 4.74 Å². The van der Waals surface area contributed by atoms with Crippen LogP contribution >= 0.6 is 0 Å². The van der Waals surface area contributed by atoms with E-state index in [1.165, 1.54) is 0 Å². The number of ether oxygens (including phenoxy) is 1. The molecular weight excluding hydrogens is 134 g/mol. The standard InChI is InChI=1S/C6H14NO3/c1-9-5-3-2-4-6(8)10-7/h2-5H2,1,7H3/q+1. The van der Waals surface area contributed by atoms with Gasteiger partial charge in [0.25, 0.3) is 0 Å². The average Bonchev–Trinajstić information content (AvgIpc) is 1.98. The number of carbonyl (C=O) groups is 1. The summed E-state index contributed by atoms with van der Waals surface area (Å²) >= 11 is 0. The first-order valence-electron chi connectivity index (χ1n) is 3.25. The molecule has 0 spiro atoms. The van der Waals surface area contributed by atoms with Gasteiger partial charge in [0.15, 0.2) is 0 Å². The van der Waals surface area contributed by atoms with Crippen LogP contribution in [0, 0.1) is 0 Å². The predicted molar refractivity (Wildman–Crippen MR) is 34.7 cm³/mol. The molecule has 4 heteroatoms. The number of unbranched alkanes of at least 4 members (excludes halogenated alkanes) is 1. The molecule has 4 nitrogen and oxygen atoms in total. The van der Waals surface area contributed by atoms with Crippen LogP contribution < -0.4 is 5.90 Å². The largest absolute Gasteiger partial charge is 0.385 e. The van der Waals surface area contributed by atoms with Gasteiger partial charge in [-0.1, -0.05) is 0 Å². The maximum Gasteiger partial charge on any atom is 0.366 e. The highest BCUT2D eigenvalue weighted by atomic mass is 16.7. The fraction of sp³-hybridized carbons (Fsp3) is 0.833. The molecule has 3 N–H and O–H groups in total. The molecule has 0 atom stereocenters. The molecule has 0 aliphatic rings. The molecule has 0 amide bonds. The van der Waals surface area contributed by atoms with Crippen molar-refractivity contribution in [2.24, 2.45) is 0 Å². The van der Waals surface area contributed by atoms with E-state index in [-0.39, 0.29) is 5.97 Å². The minimum Gasteiger partial charge on any atom is -0.385 e. The second-order valence-electron chi connectivity index (χ2n) is 1.97. The number of hydrogen-bond acceptors (Lipinski definition) is 3. The quantitative estimate of drug-likeness (QED) is 0.422. The minimum atomic E-state index is -0.254. The van der Waals surface area contributed by atoms with Crippen LogP contribution in [0.1, 0.15) is 19.3 Å². The third kappa shape index (κ3) is 5.53. The molecular formula is C6H14NO3+. The van der Waals surface area contributed by atoms with Crippen LogP contribution in [0.15, 0.2) is 0 Å². The molecule has 0 saturated carbocycles. The van der Waals surface area contributed by atoms with Gasteiger partial charge < -0.3 is 4.74 Å². The first-order chi connectivity index (χ1) is 4.81. The number of carbonyl (C=O) groups excluding carboxylic acids is 1. The van der Waals surface area contributed by atoms with Gasteiger partial charge in [-0.3, -0.25) is 4.84 Å².